The highest BCUT2D eigenvalue weighted by Crippen LogP contribution is 2.34. The first kappa shape index (κ1) is 14.8. The van der Waals surface area contributed by atoms with Gasteiger partial charge in [0.25, 0.3) is 0 Å². The van der Waals surface area contributed by atoms with E-state index in [4.69, 9.17) is 4.74 Å². The minimum atomic E-state index is -0.00420. The standard InChI is InChI=1S/C17H17BrO2/c1-10-5-6-11(2)17(12(10)3)20-16-9-14(18)7-8-15(16)13(4)19/h5-9H,1-4H3. The Kier molecular flexibility index (Phi) is 4.29. The molecule has 0 aliphatic heterocycles. The monoisotopic (exact) mass is 332 g/mol. The van der Waals surface area contributed by atoms with Crippen LogP contribution in [0, 0.1) is 20.8 Å². The Bertz CT molecular complexity index is 675. The Balaban J connectivity index is 2.53. The molecular formula is C17H17BrO2. The number of halogens is 1. The summed E-state index contributed by atoms with van der Waals surface area (Å²) in [5.41, 5.74) is 3.92. The fourth-order valence-electron chi connectivity index (χ4n) is 2.06. The van der Waals surface area contributed by atoms with Gasteiger partial charge in [0.2, 0.25) is 0 Å². The van der Waals surface area contributed by atoms with Crippen molar-refractivity contribution in [2.45, 2.75) is 27.7 Å². The van der Waals surface area contributed by atoms with Crippen molar-refractivity contribution in [1.82, 2.24) is 0 Å². The highest BCUT2D eigenvalue weighted by molar-refractivity contribution is 9.10. The maximum Gasteiger partial charge on any atom is 0.163 e. The maximum absolute atomic E-state index is 11.7. The number of carbonyl (C=O) groups excluding carboxylic acids is 1. The number of ether oxygens (including phenoxy) is 1. The van der Waals surface area contributed by atoms with Gasteiger partial charge in [0.05, 0.1) is 5.56 Å². The largest absolute Gasteiger partial charge is 0.456 e. The minimum absolute atomic E-state index is 0.00420. The van der Waals surface area contributed by atoms with Crippen molar-refractivity contribution in [3.8, 4) is 11.5 Å². The summed E-state index contributed by atoms with van der Waals surface area (Å²) in [4.78, 5) is 11.7. The molecule has 0 aliphatic rings. The Morgan fingerprint density at radius 2 is 1.70 bits per heavy atom. The molecule has 0 atom stereocenters. The Morgan fingerprint density at radius 3 is 2.35 bits per heavy atom. The molecule has 2 nitrogen and oxygen atoms in total. The minimum Gasteiger partial charge on any atom is -0.456 e. The van der Waals surface area contributed by atoms with E-state index < -0.39 is 0 Å². The lowest BCUT2D eigenvalue weighted by molar-refractivity contribution is 0.101. The quantitative estimate of drug-likeness (QED) is 0.706. The van der Waals surface area contributed by atoms with Gasteiger partial charge in [0.1, 0.15) is 11.5 Å². The number of aryl methyl sites for hydroxylation is 2. The van der Waals surface area contributed by atoms with Gasteiger partial charge in [-0.05, 0) is 62.6 Å². The number of carbonyl (C=O) groups is 1. The van der Waals surface area contributed by atoms with E-state index in [1.807, 2.05) is 32.0 Å². The zero-order valence-corrected chi connectivity index (χ0v) is 13.7. The van der Waals surface area contributed by atoms with Crippen LogP contribution in [0.25, 0.3) is 0 Å². The summed E-state index contributed by atoms with van der Waals surface area (Å²) in [5.74, 6) is 1.41. The molecule has 2 aromatic carbocycles. The zero-order valence-electron chi connectivity index (χ0n) is 12.1. The van der Waals surface area contributed by atoms with Crippen LogP contribution in [0.1, 0.15) is 34.0 Å². The molecule has 0 saturated carbocycles. The van der Waals surface area contributed by atoms with Crippen LogP contribution in [0.15, 0.2) is 34.8 Å². The van der Waals surface area contributed by atoms with Gasteiger partial charge >= 0.3 is 0 Å². The summed E-state index contributed by atoms with van der Waals surface area (Å²) in [6, 6.07) is 9.56. The lowest BCUT2D eigenvalue weighted by atomic mass is 10.0. The second-order valence-electron chi connectivity index (χ2n) is 4.95. The zero-order chi connectivity index (χ0) is 14.9. The third-order valence-electron chi connectivity index (χ3n) is 3.41. The van der Waals surface area contributed by atoms with E-state index in [2.05, 4.69) is 28.9 Å². The Hall–Kier alpha value is -1.61. The topological polar surface area (TPSA) is 26.3 Å². The first-order chi connectivity index (χ1) is 9.40. The van der Waals surface area contributed by atoms with Crippen LogP contribution in [-0.2, 0) is 0 Å². The first-order valence-electron chi connectivity index (χ1n) is 6.45. The predicted molar refractivity (Wildman–Crippen MR) is 84.9 cm³/mol. The predicted octanol–water partition coefficient (Wildman–Crippen LogP) is 5.37. The molecule has 0 saturated heterocycles. The van der Waals surface area contributed by atoms with Crippen LogP contribution in [0.2, 0.25) is 0 Å². The molecule has 0 aromatic heterocycles. The third-order valence-corrected chi connectivity index (χ3v) is 3.90. The van der Waals surface area contributed by atoms with Gasteiger partial charge in [-0.25, -0.2) is 0 Å². The van der Waals surface area contributed by atoms with Crippen molar-refractivity contribution in [2.75, 3.05) is 0 Å². The van der Waals surface area contributed by atoms with Gasteiger partial charge in [-0.3, -0.25) is 4.79 Å². The number of rotatable bonds is 3. The number of benzene rings is 2. The van der Waals surface area contributed by atoms with Crippen LogP contribution < -0.4 is 4.74 Å². The summed E-state index contributed by atoms with van der Waals surface area (Å²) in [5, 5.41) is 0. The SMILES string of the molecule is CC(=O)c1ccc(Br)cc1Oc1c(C)ccc(C)c1C. The molecule has 0 fully saturated rings. The van der Waals surface area contributed by atoms with E-state index in [9.17, 15) is 4.79 Å². The fourth-order valence-corrected chi connectivity index (χ4v) is 2.40. The van der Waals surface area contributed by atoms with E-state index in [1.165, 1.54) is 5.56 Å². The lowest BCUT2D eigenvalue weighted by Crippen LogP contribution is -1.99. The lowest BCUT2D eigenvalue weighted by Gasteiger charge is -2.15. The maximum atomic E-state index is 11.7. The van der Waals surface area contributed by atoms with E-state index >= 15 is 0 Å². The van der Waals surface area contributed by atoms with Gasteiger partial charge in [-0.1, -0.05) is 28.1 Å². The van der Waals surface area contributed by atoms with Gasteiger partial charge in [0, 0.05) is 4.47 Å². The van der Waals surface area contributed by atoms with Crippen LogP contribution in [0.5, 0.6) is 11.5 Å². The summed E-state index contributed by atoms with van der Waals surface area (Å²) < 4.78 is 6.93. The molecule has 0 bridgehead atoms. The van der Waals surface area contributed by atoms with Crippen molar-refractivity contribution in [2.24, 2.45) is 0 Å². The summed E-state index contributed by atoms with van der Waals surface area (Å²) in [7, 11) is 0. The first-order valence-corrected chi connectivity index (χ1v) is 7.24. The van der Waals surface area contributed by atoms with Crippen molar-refractivity contribution in [3.05, 3.63) is 57.1 Å². The summed E-state index contributed by atoms with van der Waals surface area (Å²) in [6.07, 6.45) is 0. The van der Waals surface area contributed by atoms with E-state index in [-0.39, 0.29) is 5.78 Å². The summed E-state index contributed by atoms with van der Waals surface area (Å²) in [6.45, 7) is 7.64. The molecule has 0 amide bonds. The molecule has 3 heteroatoms. The fraction of sp³-hybridized carbons (Fsp3) is 0.235. The molecule has 0 radical (unpaired) electrons. The van der Waals surface area contributed by atoms with Gasteiger partial charge in [-0.2, -0.15) is 0 Å². The van der Waals surface area contributed by atoms with E-state index in [1.54, 1.807) is 13.0 Å². The van der Waals surface area contributed by atoms with Crippen LogP contribution >= 0.6 is 15.9 Å². The third kappa shape index (κ3) is 2.93. The molecule has 2 rings (SSSR count). The van der Waals surface area contributed by atoms with Crippen LogP contribution in [-0.4, -0.2) is 5.78 Å². The molecule has 104 valence electrons. The summed E-state index contributed by atoms with van der Waals surface area (Å²) >= 11 is 3.42. The molecule has 0 heterocycles. The van der Waals surface area contributed by atoms with E-state index in [0.29, 0.717) is 11.3 Å². The van der Waals surface area contributed by atoms with Crippen LogP contribution in [0.3, 0.4) is 0 Å². The number of Topliss-reactive ketones (excluding diaryl/α,β-unsaturated/α-hetero) is 1. The smallest absolute Gasteiger partial charge is 0.163 e. The highest BCUT2D eigenvalue weighted by Gasteiger charge is 2.13. The average Bonchev–Trinajstić information content (AvgIpc) is 2.39. The van der Waals surface area contributed by atoms with Crippen molar-refractivity contribution < 1.29 is 9.53 Å². The molecule has 0 spiro atoms. The van der Waals surface area contributed by atoms with Gasteiger partial charge in [-0.15, -0.1) is 0 Å². The normalized spacial score (nSPS) is 10.4. The second-order valence-corrected chi connectivity index (χ2v) is 5.87. The van der Waals surface area contributed by atoms with Crippen molar-refractivity contribution in [3.63, 3.8) is 0 Å². The molecular weight excluding hydrogens is 316 g/mol. The highest BCUT2D eigenvalue weighted by atomic mass is 79.9. The van der Waals surface area contributed by atoms with E-state index in [0.717, 1.165) is 21.3 Å². The van der Waals surface area contributed by atoms with Crippen molar-refractivity contribution in [1.29, 1.82) is 0 Å². The van der Waals surface area contributed by atoms with Crippen molar-refractivity contribution >= 4 is 21.7 Å². The van der Waals surface area contributed by atoms with Gasteiger partial charge < -0.3 is 4.74 Å². The number of hydrogen-bond donors (Lipinski definition) is 0. The molecule has 20 heavy (non-hydrogen) atoms. The average molecular weight is 333 g/mol. The molecule has 2 aromatic rings. The molecule has 0 aliphatic carbocycles. The Morgan fingerprint density at radius 1 is 1.05 bits per heavy atom. The number of hydrogen-bond acceptors (Lipinski definition) is 2. The molecule has 0 unspecified atom stereocenters. The van der Waals surface area contributed by atoms with Crippen LogP contribution in [0.4, 0.5) is 0 Å². The molecule has 0 N–H and O–H groups in total. The Labute approximate surface area is 127 Å². The second kappa shape index (κ2) is 5.80. The number of ketones is 1. The van der Waals surface area contributed by atoms with Gasteiger partial charge in [0.15, 0.2) is 5.78 Å².